The SMILES string of the molecule is CCC(CC)C(Cl)CNC(=O)c1ccc(SC)cc1. The lowest BCUT2D eigenvalue weighted by Gasteiger charge is -2.19. The quantitative estimate of drug-likeness (QED) is 0.604. The standard InChI is InChI=1S/C15H22ClNOS/c1-4-11(5-2)14(16)10-17-15(18)12-6-8-13(19-3)9-7-12/h6-9,11,14H,4-5,10H2,1-3H3,(H,17,18). The Hall–Kier alpha value is -0.670. The molecule has 2 nitrogen and oxygen atoms in total. The summed E-state index contributed by atoms with van der Waals surface area (Å²) in [6.07, 6.45) is 4.11. The van der Waals surface area contributed by atoms with Crippen LogP contribution in [0, 0.1) is 5.92 Å². The van der Waals surface area contributed by atoms with Crippen molar-refractivity contribution in [3.05, 3.63) is 29.8 Å². The molecular formula is C15H22ClNOS. The highest BCUT2D eigenvalue weighted by atomic mass is 35.5. The van der Waals surface area contributed by atoms with Gasteiger partial charge in [-0.3, -0.25) is 4.79 Å². The van der Waals surface area contributed by atoms with Gasteiger partial charge in [0.25, 0.3) is 5.91 Å². The Kier molecular flexibility index (Phi) is 7.32. The van der Waals surface area contributed by atoms with E-state index in [-0.39, 0.29) is 11.3 Å². The number of benzene rings is 1. The van der Waals surface area contributed by atoms with Crippen molar-refractivity contribution in [2.24, 2.45) is 5.92 Å². The van der Waals surface area contributed by atoms with Crippen molar-refractivity contribution in [3.8, 4) is 0 Å². The van der Waals surface area contributed by atoms with Crippen LogP contribution in [0.2, 0.25) is 0 Å². The maximum absolute atomic E-state index is 12.0. The van der Waals surface area contributed by atoms with Crippen LogP contribution in [0.25, 0.3) is 0 Å². The van der Waals surface area contributed by atoms with Crippen LogP contribution in [-0.4, -0.2) is 24.1 Å². The number of hydrogen-bond acceptors (Lipinski definition) is 2. The largest absolute Gasteiger partial charge is 0.351 e. The monoisotopic (exact) mass is 299 g/mol. The molecular weight excluding hydrogens is 278 g/mol. The zero-order valence-electron chi connectivity index (χ0n) is 11.8. The summed E-state index contributed by atoms with van der Waals surface area (Å²) in [5.41, 5.74) is 0.686. The summed E-state index contributed by atoms with van der Waals surface area (Å²) in [6.45, 7) is 4.79. The Labute approximate surface area is 125 Å². The third kappa shape index (κ3) is 5.07. The topological polar surface area (TPSA) is 29.1 Å². The molecule has 1 N–H and O–H groups in total. The van der Waals surface area contributed by atoms with E-state index >= 15 is 0 Å². The number of thioether (sulfide) groups is 1. The van der Waals surface area contributed by atoms with Gasteiger partial charge in [-0.05, 0) is 36.4 Å². The van der Waals surface area contributed by atoms with E-state index in [1.165, 1.54) is 0 Å². The molecule has 0 spiro atoms. The maximum Gasteiger partial charge on any atom is 0.251 e. The minimum atomic E-state index is -0.0516. The van der Waals surface area contributed by atoms with Crippen molar-refractivity contribution in [3.63, 3.8) is 0 Å². The van der Waals surface area contributed by atoms with Crippen LogP contribution in [-0.2, 0) is 0 Å². The summed E-state index contributed by atoms with van der Waals surface area (Å²) in [5, 5.41) is 2.91. The predicted molar refractivity (Wildman–Crippen MR) is 84.3 cm³/mol. The zero-order valence-corrected chi connectivity index (χ0v) is 13.4. The molecule has 0 aromatic heterocycles. The molecule has 0 saturated heterocycles. The van der Waals surface area contributed by atoms with Gasteiger partial charge in [0, 0.05) is 17.0 Å². The predicted octanol–water partition coefficient (Wildman–Crippen LogP) is 4.18. The average molecular weight is 300 g/mol. The van der Waals surface area contributed by atoms with E-state index < -0.39 is 0 Å². The third-order valence-electron chi connectivity index (χ3n) is 3.37. The number of rotatable bonds is 7. The maximum atomic E-state index is 12.0. The van der Waals surface area contributed by atoms with Crippen molar-refractivity contribution in [2.45, 2.75) is 37.0 Å². The van der Waals surface area contributed by atoms with Crippen LogP contribution in [0.5, 0.6) is 0 Å². The normalized spacial score (nSPS) is 12.5. The number of carbonyl (C=O) groups excluding carboxylic acids is 1. The molecule has 106 valence electrons. The molecule has 0 radical (unpaired) electrons. The van der Waals surface area contributed by atoms with Crippen LogP contribution < -0.4 is 5.32 Å². The fourth-order valence-corrected chi connectivity index (χ4v) is 2.84. The Morgan fingerprint density at radius 3 is 2.32 bits per heavy atom. The van der Waals surface area contributed by atoms with E-state index in [2.05, 4.69) is 19.2 Å². The van der Waals surface area contributed by atoms with Crippen LogP contribution in [0.15, 0.2) is 29.2 Å². The smallest absolute Gasteiger partial charge is 0.251 e. The van der Waals surface area contributed by atoms with Gasteiger partial charge < -0.3 is 5.32 Å². The highest BCUT2D eigenvalue weighted by molar-refractivity contribution is 7.98. The number of hydrogen-bond donors (Lipinski definition) is 1. The first-order valence-electron chi connectivity index (χ1n) is 6.68. The Morgan fingerprint density at radius 1 is 1.26 bits per heavy atom. The molecule has 0 aliphatic rings. The first-order valence-corrected chi connectivity index (χ1v) is 8.34. The second-order valence-electron chi connectivity index (χ2n) is 4.53. The van der Waals surface area contributed by atoms with Crippen LogP contribution >= 0.6 is 23.4 Å². The van der Waals surface area contributed by atoms with Gasteiger partial charge in [-0.25, -0.2) is 0 Å². The number of carbonyl (C=O) groups is 1. The van der Waals surface area contributed by atoms with Crippen LogP contribution in [0.3, 0.4) is 0 Å². The minimum absolute atomic E-state index is 0.00409. The first-order chi connectivity index (χ1) is 9.12. The van der Waals surface area contributed by atoms with Crippen LogP contribution in [0.1, 0.15) is 37.0 Å². The second-order valence-corrected chi connectivity index (χ2v) is 5.97. The molecule has 0 aliphatic heterocycles. The summed E-state index contributed by atoms with van der Waals surface area (Å²) in [7, 11) is 0. The van der Waals surface area contributed by atoms with E-state index in [9.17, 15) is 4.79 Å². The summed E-state index contributed by atoms with van der Waals surface area (Å²) >= 11 is 7.97. The summed E-state index contributed by atoms with van der Waals surface area (Å²) in [4.78, 5) is 13.1. The molecule has 0 bridgehead atoms. The van der Waals surface area contributed by atoms with E-state index in [0.29, 0.717) is 18.0 Å². The highest BCUT2D eigenvalue weighted by Crippen LogP contribution is 2.18. The fraction of sp³-hybridized carbons (Fsp3) is 0.533. The Balaban J connectivity index is 2.50. The molecule has 0 heterocycles. The molecule has 1 amide bonds. The van der Waals surface area contributed by atoms with E-state index in [0.717, 1.165) is 17.7 Å². The summed E-state index contributed by atoms with van der Waals surface area (Å²) < 4.78 is 0. The molecule has 1 aromatic rings. The van der Waals surface area contributed by atoms with Gasteiger partial charge in [0.05, 0.1) is 5.38 Å². The lowest BCUT2D eigenvalue weighted by Crippen LogP contribution is -2.33. The minimum Gasteiger partial charge on any atom is -0.351 e. The lowest BCUT2D eigenvalue weighted by atomic mass is 9.99. The number of alkyl halides is 1. The molecule has 1 aromatic carbocycles. The van der Waals surface area contributed by atoms with Gasteiger partial charge in [0.15, 0.2) is 0 Å². The molecule has 1 atom stereocenters. The van der Waals surface area contributed by atoms with Gasteiger partial charge in [-0.15, -0.1) is 23.4 Å². The summed E-state index contributed by atoms with van der Waals surface area (Å²) in [6, 6.07) is 7.61. The highest BCUT2D eigenvalue weighted by Gasteiger charge is 2.16. The van der Waals surface area contributed by atoms with Crippen LogP contribution in [0.4, 0.5) is 0 Å². The number of nitrogens with one attached hydrogen (secondary N) is 1. The van der Waals surface area contributed by atoms with Crippen molar-refractivity contribution >= 4 is 29.3 Å². The molecule has 0 aliphatic carbocycles. The van der Waals surface area contributed by atoms with Gasteiger partial charge in [-0.1, -0.05) is 26.7 Å². The van der Waals surface area contributed by atoms with Gasteiger partial charge >= 0.3 is 0 Å². The number of amides is 1. The van der Waals surface area contributed by atoms with Gasteiger partial charge in [0.1, 0.15) is 0 Å². The van der Waals surface area contributed by atoms with Gasteiger partial charge in [0.2, 0.25) is 0 Å². The molecule has 0 saturated carbocycles. The molecule has 19 heavy (non-hydrogen) atoms. The second kappa shape index (κ2) is 8.49. The average Bonchev–Trinajstić information content (AvgIpc) is 2.46. The molecule has 1 unspecified atom stereocenters. The number of halogens is 1. The Bertz CT molecular complexity index is 390. The molecule has 4 heteroatoms. The zero-order chi connectivity index (χ0) is 14.3. The fourth-order valence-electron chi connectivity index (χ4n) is 2.00. The van der Waals surface area contributed by atoms with E-state index in [1.807, 2.05) is 30.5 Å². The van der Waals surface area contributed by atoms with E-state index in [4.69, 9.17) is 11.6 Å². The van der Waals surface area contributed by atoms with Crippen molar-refractivity contribution in [1.29, 1.82) is 0 Å². The summed E-state index contributed by atoms with van der Waals surface area (Å²) in [5.74, 6) is 0.407. The van der Waals surface area contributed by atoms with Gasteiger partial charge in [-0.2, -0.15) is 0 Å². The molecule has 0 fully saturated rings. The lowest BCUT2D eigenvalue weighted by molar-refractivity contribution is 0.0951. The van der Waals surface area contributed by atoms with Crippen molar-refractivity contribution < 1.29 is 4.79 Å². The molecule has 1 rings (SSSR count). The van der Waals surface area contributed by atoms with Crippen molar-refractivity contribution in [1.82, 2.24) is 5.32 Å². The van der Waals surface area contributed by atoms with E-state index in [1.54, 1.807) is 11.8 Å². The third-order valence-corrected chi connectivity index (χ3v) is 4.62. The Morgan fingerprint density at radius 2 is 1.84 bits per heavy atom. The first kappa shape index (κ1) is 16.4. The van der Waals surface area contributed by atoms with Crippen molar-refractivity contribution in [2.75, 3.05) is 12.8 Å².